The summed E-state index contributed by atoms with van der Waals surface area (Å²) in [5.41, 5.74) is 4.78. The molecule has 2 aromatic carbocycles. The topological polar surface area (TPSA) is 58.0 Å². The van der Waals surface area contributed by atoms with Crippen molar-refractivity contribution in [3.63, 3.8) is 0 Å². The Balaban J connectivity index is 0.00000109. The van der Waals surface area contributed by atoms with E-state index in [0.29, 0.717) is 10.7 Å². The van der Waals surface area contributed by atoms with Crippen LogP contribution in [0.5, 0.6) is 0 Å². The van der Waals surface area contributed by atoms with Gasteiger partial charge in [0.25, 0.3) is 0 Å². The number of nitrogens with zero attached hydrogens (tertiary/aromatic N) is 2. The fraction of sp³-hybridized carbons (Fsp3) is 0.0909. The van der Waals surface area contributed by atoms with Crippen molar-refractivity contribution in [3.8, 4) is 11.4 Å². The van der Waals surface area contributed by atoms with E-state index in [1.807, 2.05) is 43.3 Å². The molecule has 28 heavy (non-hydrogen) atoms. The van der Waals surface area contributed by atoms with E-state index in [-0.39, 0.29) is 5.82 Å². The van der Waals surface area contributed by atoms with Crippen molar-refractivity contribution in [2.24, 2.45) is 0 Å². The minimum atomic E-state index is -0.286. The van der Waals surface area contributed by atoms with Crippen molar-refractivity contribution in [1.29, 1.82) is 0 Å². The lowest BCUT2D eigenvalue weighted by atomic mass is 10.1. The van der Waals surface area contributed by atoms with Gasteiger partial charge in [-0.1, -0.05) is 23.7 Å². The van der Waals surface area contributed by atoms with E-state index in [1.165, 1.54) is 12.1 Å². The lowest BCUT2D eigenvalue weighted by molar-refractivity contribution is 0.399. The summed E-state index contributed by atoms with van der Waals surface area (Å²) in [6.07, 6.45) is 1.74. The summed E-state index contributed by atoms with van der Waals surface area (Å²) in [4.78, 5) is 9.16. The largest absolute Gasteiger partial charge is 0.400 e. The Labute approximate surface area is 167 Å². The first-order valence-electron chi connectivity index (χ1n) is 8.60. The number of nitrogens with one attached hydrogen (secondary N) is 1. The Morgan fingerprint density at radius 1 is 0.964 bits per heavy atom. The van der Waals surface area contributed by atoms with Gasteiger partial charge in [0.1, 0.15) is 5.82 Å². The van der Waals surface area contributed by atoms with Crippen LogP contribution in [-0.4, -0.2) is 22.2 Å². The van der Waals surface area contributed by atoms with Crippen LogP contribution in [0.1, 0.15) is 5.56 Å². The van der Waals surface area contributed by atoms with Crippen LogP contribution in [0.4, 0.5) is 15.8 Å². The molecule has 0 fully saturated rings. The van der Waals surface area contributed by atoms with Crippen molar-refractivity contribution < 1.29 is 9.50 Å². The van der Waals surface area contributed by atoms with Crippen LogP contribution in [0, 0.1) is 12.7 Å². The third-order valence-corrected chi connectivity index (χ3v) is 4.48. The van der Waals surface area contributed by atoms with Crippen LogP contribution >= 0.6 is 11.6 Å². The van der Waals surface area contributed by atoms with Gasteiger partial charge in [0.2, 0.25) is 0 Å². The second kappa shape index (κ2) is 8.78. The maximum absolute atomic E-state index is 13.2. The second-order valence-corrected chi connectivity index (χ2v) is 6.40. The van der Waals surface area contributed by atoms with Crippen molar-refractivity contribution in [1.82, 2.24) is 9.97 Å². The number of fused-ring (bicyclic) bond motifs is 1. The van der Waals surface area contributed by atoms with E-state index in [1.54, 1.807) is 18.3 Å². The molecule has 4 rings (SSSR count). The van der Waals surface area contributed by atoms with Gasteiger partial charge in [-0.2, -0.15) is 0 Å². The first kappa shape index (κ1) is 19.7. The van der Waals surface area contributed by atoms with Crippen LogP contribution in [0.25, 0.3) is 22.3 Å². The predicted octanol–water partition coefficient (Wildman–Crippen LogP) is 5.75. The molecule has 0 saturated carbocycles. The maximum Gasteiger partial charge on any atom is 0.123 e. The molecule has 0 aliphatic carbocycles. The van der Waals surface area contributed by atoms with Crippen LogP contribution in [0.3, 0.4) is 0 Å². The molecule has 2 N–H and O–H groups in total. The number of pyridine rings is 2. The van der Waals surface area contributed by atoms with Gasteiger partial charge in [-0.3, -0.25) is 4.98 Å². The molecule has 2 aromatic heterocycles. The molecule has 2 heterocycles. The lowest BCUT2D eigenvalue weighted by Gasteiger charge is -2.14. The van der Waals surface area contributed by atoms with Gasteiger partial charge in [0.15, 0.2) is 0 Å². The second-order valence-electron chi connectivity index (χ2n) is 5.99. The molecule has 142 valence electrons. The smallest absolute Gasteiger partial charge is 0.123 e. The van der Waals surface area contributed by atoms with E-state index >= 15 is 0 Å². The van der Waals surface area contributed by atoms with Gasteiger partial charge in [-0.05, 0) is 61.0 Å². The summed E-state index contributed by atoms with van der Waals surface area (Å²) in [5, 5.41) is 11.8. The molecule has 0 amide bonds. The fourth-order valence-corrected chi connectivity index (χ4v) is 3.17. The summed E-state index contributed by atoms with van der Waals surface area (Å²) in [6, 6.07) is 17.7. The molecule has 0 spiro atoms. The SMILES string of the molecule is CO.Cc1cc(Cl)c(Nc2ccc(F)cc2)c2nc(-c3ccccn3)ccc12. The monoisotopic (exact) mass is 395 g/mol. The zero-order valence-corrected chi connectivity index (χ0v) is 16.2. The van der Waals surface area contributed by atoms with Gasteiger partial charge >= 0.3 is 0 Å². The fourth-order valence-electron chi connectivity index (χ4n) is 2.87. The molecule has 0 aliphatic rings. The first-order valence-corrected chi connectivity index (χ1v) is 8.98. The number of rotatable bonds is 3. The lowest BCUT2D eigenvalue weighted by Crippen LogP contribution is -1.97. The average molecular weight is 396 g/mol. The molecule has 0 atom stereocenters. The molecular weight excluding hydrogens is 377 g/mol. The molecule has 0 saturated heterocycles. The zero-order valence-electron chi connectivity index (χ0n) is 15.4. The first-order chi connectivity index (χ1) is 13.6. The molecule has 0 aliphatic heterocycles. The maximum atomic E-state index is 13.2. The molecule has 0 radical (unpaired) electrons. The number of halogens is 2. The highest BCUT2D eigenvalue weighted by atomic mass is 35.5. The summed E-state index contributed by atoms with van der Waals surface area (Å²) >= 11 is 6.50. The van der Waals surface area contributed by atoms with E-state index < -0.39 is 0 Å². The number of aliphatic hydroxyl groups excluding tert-OH is 1. The molecule has 4 nitrogen and oxygen atoms in total. The van der Waals surface area contributed by atoms with Gasteiger partial charge in [0, 0.05) is 24.4 Å². The number of hydrogen-bond acceptors (Lipinski definition) is 4. The Hall–Kier alpha value is -3.02. The number of benzene rings is 2. The molecule has 0 unspecified atom stereocenters. The molecule has 4 aromatic rings. The minimum Gasteiger partial charge on any atom is -0.400 e. The van der Waals surface area contributed by atoms with Crippen molar-refractivity contribution >= 4 is 33.9 Å². The zero-order chi connectivity index (χ0) is 20.1. The van der Waals surface area contributed by atoms with E-state index in [0.717, 1.165) is 40.7 Å². The summed E-state index contributed by atoms with van der Waals surface area (Å²) in [5.74, 6) is -0.286. The van der Waals surface area contributed by atoms with Gasteiger partial charge < -0.3 is 10.4 Å². The summed E-state index contributed by atoms with van der Waals surface area (Å²) in [7, 11) is 1.00. The van der Waals surface area contributed by atoms with Crippen LogP contribution in [0.2, 0.25) is 5.02 Å². The van der Waals surface area contributed by atoms with Crippen molar-refractivity contribution in [2.45, 2.75) is 6.92 Å². The number of aromatic nitrogens is 2. The number of anilines is 2. The average Bonchev–Trinajstić information content (AvgIpc) is 2.74. The Morgan fingerprint density at radius 3 is 2.39 bits per heavy atom. The third kappa shape index (κ3) is 4.11. The van der Waals surface area contributed by atoms with Crippen molar-refractivity contribution in [2.75, 3.05) is 12.4 Å². The summed E-state index contributed by atoms with van der Waals surface area (Å²) < 4.78 is 13.2. The Kier molecular flexibility index (Phi) is 6.19. The van der Waals surface area contributed by atoms with Gasteiger partial charge in [-0.25, -0.2) is 9.37 Å². The molecule has 0 bridgehead atoms. The summed E-state index contributed by atoms with van der Waals surface area (Å²) in [6.45, 7) is 2.00. The Bertz CT molecular complexity index is 1090. The molecular formula is C22H19ClFN3O. The highest BCUT2D eigenvalue weighted by molar-refractivity contribution is 6.35. The van der Waals surface area contributed by atoms with E-state index in [4.69, 9.17) is 21.7 Å². The van der Waals surface area contributed by atoms with Crippen LogP contribution in [0.15, 0.2) is 66.9 Å². The quantitative estimate of drug-likeness (QED) is 0.463. The number of aliphatic hydroxyl groups is 1. The van der Waals surface area contributed by atoms with E-state index in [2.05, 4.69) is 10.3 Å². The minimum absolute atomic E-state index is 0.286. The normalized spacial score (nSPS) is 10.3. The van der Waals surface area contributed by atoms with Crippen LogP contribution in [-0.2, 0) is 0 Å². The number of hydrogen-bond donors (Lipinski definition) is 2. The predicted molar refractivity (Wildman–Crippen MR) is 113 cm³/mol. The van der Waals surface area contributed by atoms with Gasteiger partial charge in [-0.15, -0.1) is 0 Å². The van der Waals surface area contributed by atoms with Crippen molar-refractivity contribution in [3.05, 3.63) is 83.3 Å². The van der Waals surface area contributed by atoms with Crippen LogP contribution < -0.4 is 5.32 Å². The molecule has 6 heteroatoms. The van der Waals surface area contributed by atoms with Gasteiger partial charge in [0.05, 0.1) is 27.6 Å². The Morgan fingerprint density at radius 2 is 1.71 bits per heavy atom. The number of aryl methyl sites for hydroxylation is 1. The standard InChI is InChI=1S/C21H15ClFN3.CH4O/c1-13-12-17(22)21(25-15-7-5-14(23)6-8-15)20-16(13)9-10-19(26-20)18-4-2-3-11-24-18;1-2/h2-12,25H,1H3;2H,1H3. The highest BCUT2D eigenvalue weighted by Crippen LogP contribution is 2.35. The third-order valence-electron chi connectivity index (χ3n) is 4.18. The highest BCUT2D eigenvalue weighted by Gasteiger charge is 2.13. The van der Waals surface area contributed by atoms with E-state index in [9.17, 15) is 4.39 Å².